The molecule has 0 saturated heterocycles. The summed E-state index contributed by atoms with van der Waals surface area (Å²) in [6.07, 6.45) is 5.12. The molecule has 5 nitrogen and oxygen atoms in total. The maximum atomic E-state index is 11.7. The number of pyridine rings is 1. The number of amides is 1. The summed E-state index contributed by atoms with van der Waals surface area (Å²) in [5.74, 6) is 0.0203. The number of hydrogen-bond donors (Lipinski definition) is 1. The first-order valence-corrected chi connectivity index (χ1v) is 6.05. The number of aromatic nitrogens is 2. The predicted molar refractivity (Wildman–Crippen MR) is 70.1 cm³/mol. The molecule has 0 spiro atoms. The van der Waals surface area contributed by atoms with E-state index in [1.54, 1.807) is 24.3 Å². The number of imidazole rings is 1. The minimum Gasteiger partial charge on any atom is -0.459 e. The summed E-state index contributed by atoms with van der Waals surface area (Å²) >= 11 is 5.89. The van der Waals surface area contributed by atoms with Crippen LogP contribution in [0.15, 0.2) is 47.3 Å². The second kappa shape index (κ2) is 4.78. The van der Waals surface area contributed by atoms with Crippen LogP contribution in [0.3, 0.4) is 0 Å². The van der Waals surface area contributed by atoms with Gasteiger partial charge >= 0.3 is 0 Å². The third-order valence-corrected chi connectivity index (χ3v) is 2.88. The van der Waals surface area contributed by atoms with Gasteiger partial charge in [0.05, 0.1) is 18.5 Å². The zero-order chi connectivity index (χ0) is 13.2. The van der Waals surface area contributed by atoms with Crippen molar-refractivity contribution in [1.82, 2.24) is 14.7 Å². The number of rotatable bonds is 3. The molecule has 6 heteroatoms. The van der Waals surface area contributed by atoms with E-state index in [9.17, 15) is 4.79 Å². The molecule has 0 saturated carbocycles. The Kier molecular flexibility index (Phi) is 2.97. The second-order valence-electron chi connectivity index (χ2n) is 4.00. The van der Waals surface area contributed by atoms with Crippen LogP contribution in [0.25, 0.3) is 5.65 Å². The molecule has 3 rings (SSSR count). The Morgan fingerprint density at radius 2 is 2.37 bits per heavy atom. The lowest BCUT2D eigenvalue weighted by Crippen LogP contribution is -2.22. The Hall–Kier alpha value is -2.27. The summed E-state index contributed by atoms with van der Waals surface area (Å²) in [7, 11) is 0. The van der Waals surface area contributed by atoms with Crippen molar-refractivity contribution in [3.05, 3.63) is 59.4 Å². The van der Waals surface area contributed by atoms with Crippen LogP contribution in [-0.4, -0.2) is 15.3 Å². The molecule has 0 unspecified atom stereocenters. The Labute approximate surface area is 113 Å². The van der Waals surface area contributed by atoms with Crippen LogP contribution in [0.1, 0.15) is 16.2 Å². The highest BCUT2D eigenvalue weighted by Gasteiger charge is 2.09. The number of carbonyl (C=O) groups is 1. The summed E-state index contributed by atoms with van der Waals surface area (Å²) in [4.78, 5) is 16.0. The molecule has 1 N–H and O–H groups in total. The van der Waals surface area contributed by atoms with Crippen LogP contribution in [0, 0.1) is 0 Å². The van der Waals surface area contributed by atoms with Gasteiger partial charge in [0.2, 0.25) is 0 Å². The van der Waals surface area contributed by atoms with Crippen molar-refractivity contribution in [3.8, 4) is 0 Å². The van der Waals surface area contributed by atoms with Gasteiger partial charge in [-0.25, -0.2) is 4.98 Å². The minimum atomic E-state index is -0.264. The number of nitrogens with zero attached hydrogens (tertiary/aromatic N) is 2. The summed E-state index contributed by atoms with van der Waals surface area (Å²) < 4.78 is 6.85. The van der Waals surface area contributed by atoms with Crippen LogP contribution in [0.4, 0.5) is 0 Å². The summed E-state index contributed by atoms with van der Waals surface area (Å²) in [5.41, 5.74) is 1.50. The SMILES string of the molecule is O=C(NCc1cn2ccc(Cl)cc2n1)c1ccco1. The first-order valence-electron chi connectivity index (χ1n) is 5.67. The fourth-order valence-corrected chi connectivity index (χ4v) is 1.91. The number of fused-ring (bicyclic) bond motifs is 1. The third-order valence-electron chi connectivity index (χ3n) is 2.65. The molecule has 3 aromatic rings. The number of hydrogen-bond acceptors (Lipinski definition) is 3. The molecular weight excluding hydrogens is 266 g/mol. The molecule has 0 bridgehead atoms. The van der Waals surface area contributed by atoms with Gasteiger partial charge < -0.3 is 14.1 Å². The molecular formula is C13H10ClN3O2. The molecule has 0 atom stereocenters. The molecule has 0 aliphatic carbocycles. The Balaban J connectivity index is 1.73. The first kappa shape index (κ1) is 11.8. The minimum absolute atomic E-state index is 0.264. The van der Waals surface area contributed by atoms with Gasteiger partial charge in [0.25, 0.3) is 5.91 Å². The van der Waals surface area contributed by atoms with Crippen molar-refractivity contribution >= 4 is 23.2 Å². The maximum absolute atomic E-state index is 11.7. The number of halogens is 1. The average molecular weight is 276 g/mol. The second-order valence-corrected chi connectivity index (χ2v) is 4.44. The third kappa shape index (κ3) is 2.46. The van der Waals surface area contributed by atoms with Crippen molar-refractivity contribution in [2.24, 2.45) is 0 Å². The largest absolute Gasteiger partial charge is 0.459 e. The van der Waals surface area contributed by atoms with Crippen molar-refractivity contribution < 1.29 is 9.21 Å². The highest BCUT2D eigenvalue weighted by molar-refractivity contribution is 6.30. The Morgan fingerprint density at radius 1 is 1.47 bits per heavy atom. The van der Waals surface area contributed by atoms with Crippen molar-refractivity contribution in [3.63, 3.8) is 0 Å². The molecule has 0 aliphatic rings. The summed E-state index contributed by atoms with van der Waals surface area (Å²) in [6, 6.07) is 6.82. The Bertz CT molecular complexity index is 719. The number of carbonyl (C=O) groups excluding carboxylic acids is 1. The standard InChI is InChI=1S/C13H10ClN3O2/c14-9-3-4-17-8-10(16-12(17)6-9)7-15-13(18)11-2-1-5-19-11/h1-6,8H,7H2,(H,15,18). The quantitative estimate of drug-likeness (QED) is 0.799. The van der Waals surface area contributed by atoms with Crippen molar-refractivity contribution in [1.29, 1.82) is 0 Å². The fraction of sp³-hybridized carbons (Fsp3) is 0.0769. The van der Waals surface area contributed by atoms with Gasteiger partial charge in [-0.05, 0) is 24.3 Å². The van der Waals surface area contributed by atoms with Crippen molar-refractivity contribution in [2.75, 3.05) is 0 Å². The number of furan rings is 1. The van der Waals surface area contributed by atoms with E-state index < -0.39 is 0 Å². The average Bonchev–Trinajstić information content (AvgIpc) is 3.04. The topological polar surface area (TPSA) is 59.5 Å². The maximum Gasteiger partial charge on any atom is 0.287 e. The van der Waals surface area contributed by atoms with Gasteiger partial charge in [0.1, 0.15) is 5.65 Å². The van der Waals surface area contributed by atoms with E-state index in [1.165, 1.54) is 6.26 Å². The zero-order valence-corrected chi connectivity index (χ0v) is 10.6. The highest BCUT2D eigenvalue weighted by Crippen LogP contribution is 2.12. The normalized spacial score (nSPS) is 10.8. The monoisotopic (exact) mass is 275 g/mol. The fourth-order valence-electron chi connectivity index (χ4n) is 1.76. The lowest BCUT2D eigenvalue weighted by atomic mass is 10.4. The number of nitrogens with one attached hydrogen (secondary N) is 1. The predicted octanol–water partition coefficient (Wildman–Crippen LogP) is 2.51. The first-order chi connectivity index (χ1) is 9.22. The van der Waals surface area contributed by atoms with E-state index in [4.69, 9.17) is 16.0 Å². The molecule has 3 heterocycles. The zero-order valence-electron chi connectivity index (χ0n) is 9.84. The van der Waals surface area contributed by atoms with E-state index in [0.29, 0.717) is 11.6 Å². The van der Waals surface area contributed by atoms with Crippen LogP contribution >= 0.6 is 11.6 Å². The molecule has 1 amide bonds. The lowest BCUT2D eigenvalue weighted by molar-refractivity contribution is 0.0922. The van der Waals surface area contributed by atoms with E-state index in [-0.39, 0.29) is 11.7 Å². The van der Waals surface area contributed by atoms with Gasteiger partial charge in [-0.1, -0.05) is 11.6 Å². The van der Waals surface area contributed by atoms with Crippen LogP contribution < -0.4 is 5.32 Å². The van der Waals surface area contributed by atoms with Crippen LogP contribution in [0.2, 0.25) is 5.02 Å². The van der Waals surface area contributed by atoms with Gasteiger partial charge in [0.15, 0.2) is 5.76 Å². The molecule has 0 radical (unpaired) electrons. The van der Waals surface area contributed by atoms with Crippen LogP contribution in [-0.2, 0) is 6.54 Å². The smallest absolute Gasteiger partial charge is 0.287 e. The summed E-state index contributed by atoms with van der Waals surface area (Å²) in [6.45, 7) is 0.332. The lowest BCUT2D eigenvalue weighted by Gasteiger charge is -1.99. The molecule has 96 valence electrons. The van der Waals surface area contributed by atoms with Crippen molar-refractivity contribution in [2.45, 2.75) is 6.54 Å². The van der Waals surface area contributed by atoms with Gasteiger partial charge in [-0.3, -0.25) is 4.79 Å². The van der Waals surface area contributed by atoms with Gasteiger partial charge in [0, 0.05) is 17.4 Å². The van der Waals surface area contributed by atoms with E-state index in [0.717, 1.165) is 11.3 Å². The Morgan fingerprint density at radius 3 is 3.16 bits per heavy atom. The molecule has 3 aromatic heterocycles. The van der Waals surface area contributed by atoms with E-state index in [1.807, 2.05) is 16.8 Å². The molecule has 0 aromatic carbocycles. The van der Waals surface area contributed by atoms with E-state index >= 15 is 0 Å². The molecule has 0 fully saturated rings. The molecule has 0 aliphatic heterocycles. The van der Waals surface area contributed by atoms with Gasteiger partial charge in [-0.15, -0.1) is 0 Å². The molecule has 19 heavy (non-hydrogen) atoms. The summed E-state index contributed by atoms with van der Waals surface area (Å²) in [5, 5.41) is 3.36. The van der Waals surface area contributed by atoms with Crippen LogP contribution in [0.5, 0.6) is 0 Å². The van der Waals surface area contributed by atoms with E-state index in [2.05, 4.69) is 10.3 Å². The van der Waals surface area contributed by atoms with Gasteiger partial charge in [-0.2, -0.15) is 0 Å². The highest BCUT2D eigenvalue weighted by atomic mass is 35.5.